The van der Waals surface area contributed by atoms with E-state index in [1.165, 1.54) is 5.56 Å². The van der Waals surface area contributed by atoms with Crippen molar-refractivity contribution < 1.29 is 9.53 Å². The van der Waals surface area contributed by atoms with Gasteiger partial charge < -0.3 is 4.74 Å². The normalized spacial score (nSPS) is 10.7. The van der Waals surface area contributed by atoms with Crippen LogP contribution in [0.15, 0.2) is 24.3 Å². The molecule has 0 spiro atoms. The highest BCUT2D eigenvalue weighted by Gasteiger charge is 2.06. The molecular formula is C16H24O2. The summed E-state index contributed by atoms with van der Waals surface area (Å²) in [6.07, 6.45) is 4.98. The Labute approximate surface area is 110 Å². The summed E-state index contributed by atoms with van der Waals surface area (Å²) in [5, 5.41) is 0. The highest BCUT2D eigenvalue weighted by molar-refractivity contribution is 5.80. The van der Waals surface area contributed by atoms with Crippen LogP contribution in [0, 0.1) is 5.92 Å². The quantitative estimate of drug-likeness (QED) is 0.649. The van der Waals surface area contributed by atoms with Crippen molar-refractivity contribution in [3.8, 4) is 5.75 Å². The largest absolute Gasteiger partial charge is 0.496 e. The van der Waals surface area contributed by atoms with E-state index in [2.05, 4.69) is 6.07 Å². The van der Waals surface area contributed by atoms with Crippen molar-refractivity contribution in [1.29, 1.82) is 0 Å². The van der Waals surface area contributed by atoms with Gasteiger partial charge in [-0.25, -0.2) is 0 Å². The SMILES string of the molecule is COc1ccccc1CCCCCC(=O)C(C)C. The van der Waals surface area contributed by atoms with Crippen LogP contribution in [0.25, 0.3) is 0 Å². The summed E-state index contributed by atoms with van der Waals surface area (Å²) in [6.45, 7) is 3.94. The van der Waals surface area contributed by atoms with Gasteiger partial charge in [0.1, 0.15) is 11.5 Å². The van der Waals surface area contributed by atoms with Crippen LogP contribution in [0.1, 0.15) is 45.1 Å². The summed E-state index contributed by atoms with van der Waals surface area (Å²) in [5.41, 5.74) is 1.26. The third kappa shape index (κ3) is 4.91. The summed E-state index contributed by atoms with van der Waals surface area (Å²) >= 11 is 0. The van der Waals surface area contributed by atoms with Gasteiger partial charge in [-0.05, 0) is 30.9 Å². The Morgan fingerprint density at radius 2 is 1.89 bits per heavy atom. The molecule has 0 amide bonds. The molecule has 0 atom stereocenters. The lowest BCUT2D eigenvalue weighted by atomic mass is 10.0. The molecule has 100 valence electrons. The predicted octanol–water partition coefficient (Wildman–Crippen LogP) is 4.02. The molecule has 0 aliphatic heterocycles. The number of Topliss-reactive ketones (excluding diaryl/α,β-unsaturated/α-hetero) is 1. The summed E-state index contributed by atoms with van der Waals surface area (Å²) < 4.78 is 5.32. The molecule has 0 saturated carbocycles. The van der Waals surface area contributed by atoms with Crippen LogP contribution in [-0.2, 0) is 11.2 Å². The van der Waals surface area contributed by atoms with Gasteiger partial charge in [0.05, 0.1) is 7.11 Å². The van der Waals surface area contributed by atoms with Gasteiger partial charge in [0.15, 0.2) is 0 Å². The van der Waals surface area contributed by atoms with E-state index in [0.29, 0.717) is 5.78 Å². The van der Waals surface area contributed by atoms with Crippen LogP contribution >= 0.6 is 0 Å². The molecule has 0 aliphatic rings. The average molecular weight is 248 g/mol. The van der Waals surface area contributed by atoms with E-state index in [-0.39, 0.29) is 5.92 Å². The van der Waals surface area contributed by atoms with Gasteiger partial charge in [-0.1, -0.05) is 38.5 Å². The number of carbonyl (C=O) groups excluding carboxylic acids is 1. The van der Waals surface area contributed by atoms with Gasteiger partial charge in [-0.2, -0.15) is 0 Å². The molecule has 0 saturated heterocycles. The van der Waals surface area contributed by atoms with Crippen molar-refractivity contribution in [2.45, 2.75) is 46.0 Å². The van der Waals surface area contributed by atoms with E-state index < -0.39 is 0 Å². The second-order valence-corrected chi connectivity index (χ2v) is 4.99. The van der Waals surface area contributed by atoms with Gasteiger partial charge in [0.2, 0.25) is 0 Å². The van der Waals surface area contributed by atoms with Crippen LogP contribution in [0.5, 0.6) is 5.75 Å². The lowest BCUT2D eigenvalue weighted by Gasteiger charge is -2.08. The van der Waals surface area contributed by atoms with E-state index in [1.807, 2.05) is 32.0 Å². The number of unbranched alkanes of at least 4 members (excludes halogenated alkanes) is 2. The molecule has 1 rings (SSSR count). The molecule has 1 aromatic carbocycles. The third-order valence-electron chi connectivity index (χ3n) is 3.21. The molecule has 0 N–H and O–H groups in total. The molecule has 0 aromatic heterocycles. The Bertz CT molecular complexity index is 369. The molecule has 1 aromatic rings. The molecule has 0 radical (unpaired) electrons. The number of hydrogen-bond donors (Lipinski definition) is 0. The zero-order valence-corrected chi connectivity index (χ0v) is 11.7. The fraction of sp³-hybridized carbons (Fsp3) is 0.562. The first-order valence-corrected chi connectivity index (χ1v) is 6.79. The second kappa shape index (κ2) is 7.91. The van der Waals surface area contributed by atoms with Gasteiger partial charge in [0, 0.05) is 12.3 Å². The Hall–Kier alpha value is -1.31. The maximum atomic E-state index is 11.5. The number of benzene rings is 1. The van der Waals surface area contributed by atoms with E-state index in [0.717, 1.165) is 37.9 Å². The van der Waals surface area contributed by atoms with E-state index in [1.54, 1.807) is 7.11 Å². The van der Waals surface area contributed by atoms with Crippen molar-refractivity contribution in [3.63, 3.8) is 0 Å². The van der Waals surface area contributed by atoms with Gasteiger partial charge in [-0.3, -0.25) is 4.79 Å². The molecule has 0 aliphatic carbocycles. The minimum atomic E-state index is 0.180. The van der Waals surface area contributed by atoms with Crippen LogP contribution in [0.2, 0.25) is 0 Å². The molecule has 2 heteroatoms. The molecular weight excluding hydrogens is 224 g/mol. The number of ether oxygens (including phenoxy) is 1. The van der Waals surface area contributed by atoms with Crippen LogP contribution in [0.4, 0.5) is 0 Å². The fourth-order valence-corrected chi connectivity index (χ4v) is 1.99. The van der Waals surface area contributed by atoms with Gasteiger partial charge in [0.25, 0.3) is 0 Å². The Kier molecular flexibility index (Phi) is 6.48. The molecule has 0 bridgehead atoms. The molecule has 0 fully saturated rings. The number of rotatable bonds is 8. The Morgan fingerprint density at radius 3 is 2.56 bits per heavy atom. The van der Waals surface area contributed by atoms with E-state index in [4.69, 9.17) is 4.74 Å². The number of carbonyl (C=O) groups is 1. The zero-order chi connectivity index (χ0) is 13.4. The van der Waals surface area contributed by atoms with E-state index in [9.17, 15) is 4.79 Å². The smallest absolute Gasteiger partial charge is 0.135 e. The lowest BCUT2D eigenvalue weighted by molar-refractivity contribution is -0.122. The van der Waals surface area contributed by atoms with Crippen LogP contribution in [-0.4, -0.2) is 12.9 Å². The predicted molar refractivity (Wildman–Crippen MR) is 75.0 cm³/mol. The van der Waals surface area contributed by atoms with Crippen molar-refractivity contribution >= 4 is 5.78 Å². The summed E-state index contributed by atoms with van der Waals surface area (Å²) in [5.74, 6) is 1.53. The summed E-state index contributed by atoms with van der Waals surface area (Å²) in [7, 11) is 1.71. The van der Waals surface area contributed by atoms with Crippen LogP contribution in [0.3, 0.4) is 0 Å². The Morgan fingerprint density at radius 1 is 1.17 bits per heavy atom. The topological polar surface area (TPSA) is 26.3 Å². The van der Waals surface area contributed by atoms with E-state index >= 15 is 0 Å². The second-order valence-electron chi connectivity index (χ2n) is 4.99. The molecule has 2 nitrogen and oxygen atoms in total. The number of hydrogen-bond acceptors (Lipinski definition) is 2. The molecule has 18 heavy (non-hydrogen) atoms. The maximum absolute atomic E-state index is 11.5. The Balaban J connectivity index is 2.24. The third-order valence-corrected chi connectivity index (χ3v) is 3.21. The summed E-state index contributed by atoms with van der Waals surface area (Å²) in [4.78, 5) is 11.5. The minimum absolute atomic E-state index is 0.180. The van der Waals surface area contributed by atoms with Crippen molar-refractivity contribution in [1.82, 2.24) is 0 Å². The monoisotopic (exact) mass is 248 g/mol. The summed E-state index contributed by atoms with van der Waals surface area (Å²) in [6, 6.07) is 8.14. The first-order chi connectivity index (χ1) is 8.65. The maximum Gasteiger partial charge on any atom is 0.135 e. The highest BCUT2D eigenvalue weighted by Crippen LogP contribution is 2.20. The number of para-hydroxylation sites is 1. The van der Waals surface area contributed by atoms with Crippen molar-refractivity contribution in [2.75, 3.05) is 7.11 Å². The fourth-order valence-electron chi connectivity index (χ4n) is 1.99. The number of aryl methyl sites for hydroxylation is 1. The first-order valence-electron chi connectivity index (χ1n) is 6.79. The van der Waals surface area contributed by atoms with Crippen molar-refractivity contribution in [3.05, 3.63) is 29.8 Å². The zero-order valence-electron chi connectivity index (χ0n) is 11.7. The lowest BCUT2D eigenvalue weighted by Crippen LogP contribution is -2.06. The average Bonchev–Trinajstić information content (AvgIpc) is 2.38. The van der Waals surface area contributed by atoms with Crippen LogP contribution < -0.4 is 4.74 Å². The molecule has 0 unspecified atom stereocenters. The molecule has 0 heterocycles. The van der Waals surface area contributed by atoms with Gasteiger partial charge in [-0.15, -0.1) is 0 Å². The number of methoxy groups -OCH3 is 1. The van der Waals surface area contributed by atoms with Gasteiger partial charge >= 0.3 is 0 Å². The number of ketones is 1. The first kappa shape index (κ1) is 14.7. The van der Waals surface area contributed by atoms with Crippen molar-refractivity contribution in [2.24, 2.45) is 5.92 Å². The highest BCUT2D eigenvalue weighted by atomic mass is 16.5. The standard InChI is InChI=1S/C16H24O2/c1-13(2)15(17)11-6-4-5-9-14-10-7-8-12-16(14)18-3/h7-8,10,12-13H,4-6,9,11H2,1-3H3. The minimum Gasteiger partial charge on any atom is -0.496 e.